The summed E-state index contributed by atoms with van der Waals surface area (Å²) >= 11 is 0. The second kappa shape index (κ2) is 6.60. The van der Waals surface area contributed by atoms with E-state index in [4.69, 9.17) is 5.11 Å². The second-order valence-corrected chi connectivity index (χ2v) is 5.70. The van der Waals surface area contributed by atoms with Crippen molar-refractivity contribution in [3.8, 4) is 0 Å². The van der Waals surface area contributed by atoms with E-state index in [1.54, 1.807) is 0 Å². The highest BCUT2D eigenvalue weighted by Crippen LogP contribution is 2.23. The predicted octanol–water partition coefficient (Wildman–Crippen LogP) is 1.84. The number of anilines is 2. The van der Waals surface area contributed by atoms with Gasteiger partial charge in [0.2, 0.25) is 0 Å². The number of carboxylic acid groups (broad SMARTS) is 1. The third kappa shape index (κ3) is 4.47. The Balaban J connectivity index is 1.93. The van der Waals surface area contributed by atoms with Crippen LogP contribution in [0, 0.1) is 6.92 Å². The van der Waals surface area contributed by atoms with Gasteiger partial charge in [-0.1, -0.05) is 0 Å². The standard InChI is InChI=1S/C14H23N5O2/c1-9-15-12(8-13(16-9)19(2)3)17-10-4-6-11(7-5-10)18-14(20)21/h8,10-11,18H,4-7H2,1-3H3,(H,20,21)(H,15,16,17)/t10-,11+. The van der Waals surface area contributed by atoms with Crippen LogP contribution in [0.4, 0.5) is 16.4 Å². The molecule has 0 radical (unpaired) electrons. The quantitative estimate of drug-likeness (QED) is 0.785. The molecule has 3 N–H and O–H groups in total. The molecule has 1 aromatic heterocycles. The van der Waals surface area contributed by atoms with Gasteiger partial charge in [0.05, 0.1) is 0 Å². The van der Waals surface area contributed by atoms with Crippen molar-refractivity contribution < 1.29 is 9.90 Å². The molecule has 0 unspecified atom stereocenters. The summed E-state index contributed by atoms with van der Waals surface area (Å²) < 4.78 is 0. The minimum atomic E-state index is -0.937. The first-order valence-corrected chi connectivity index (χ1v) is 7.23. The smallest absolute Gasteiger partial charge is 0.404 e. The van der Waals surface area contributed by atoms with Crippen LogP contribution in [0.3, 0.4) is 0 Å². The van der Waals surface area contributed by atoms with Gasteiger partial charge in [-0.25, -0.2) is 14.8 Å². The van der Waals surface area contributed by atoms with Crippen molar-refractivity contribution in [1.82, 2.24) is 15.3 Å². The van der Waals surface area contributed by atoms with Crippen LogP contribution in [0.2, 0.25) is 0 Å². The van der Waals surface area contributed by atoms with Crippen molar-refractivity contribution in [2.75, 3.05) is 24.3 Å². The summed E-state index contributed by atoms with van der Waals surface area (Å²) in [5.74, 6) is 2.46. The molecule has 1 amide bonds. The van der Waals surface area contributed by atoms with Gasteiger partial charge in [-0.15, -0.1) is 0 Å². The van der Waals surface area contributed by atoms with Gasteiger partial charge in [0.25, 0.3) is 0 Å². The fourth-order valence-corrected chi connectivity index (χ4v) is 2.62. The zero-order valence-corrected chi connectivity index (χ0v) is 12.8. The van der Waals surface area contributed by atoms with E-state index in [2.05, 4.69) is 20.6 Å². The molecule has 7 heteroatoms. The lowest BCUT2D eigenvalue weighted by Crippen LogP contribution is -2.39. The number of hydrogen-bond donors (Lipinski definition) is 3. The molecule has 0 aromatic carbocycles. The van der Waals surface area contributed by atoms with Crippen LogP contribution in [0.15, 0.2) is 6.07 Å². The Kier molecular flexibility index (Phi) is 4.82. The number of nitrogens with one attached hydrogen (secondary N) is 2. The zero-order chi connectivity index (χ0) is 15.4. The summed E-state index contributed by atoms with van der Waals surface area (Å²) in [6.07, 6.45) is 2.65. The van der Waals surface area contributed by atoms with Crippen molar-refractivity contribution in [1.29, 1.82) is 0 Å². The van der Waals surface area contributed by atoms with Gasteiger partial charge < -0.3 is 20.6 Å². The molecule has 1 heterocycles. The highest BCUT2D eigenvalue weighted by atomic mass is 16.4. The first-order valence-electron chi connectivity index (χ1n) is 7.23. The highest BCUT2D eigenvalue weighted by molar-refractivity contribution is 5.64. The van der Waals surface area contributed by atoms with Crippen LogP contribution in [-0.2, 0) is 0 Å². The Bertz CT molecular complexity index is 498. The van der Waals surface area contributed by atoms with E-state index in [-0.39, 0.29) is 6.04 Å². The summed E-state index contributed by atoms with van der Waals surface area (Å²) in [5.41, 5.74) is 0. The molecule has 1 aromatic rings. The predicted molar refractivity (Wildman–Crippen MR) is 81.9 cm³/mol. The van der Waals surface area contributed by atoms with Crippen LogP contribution in [0.25, 0.3) is 0 Å². The van der Waals surface area contributed by atoms with Crippen LogP contribution in [0.5, 0.6) is 0 Å². The molecule has 1 fully saturated rings. The third-order valence-corrected chi connectivity index (χ3v) is 3.69. The molecule has 0 saturated heterocycles. The molecular weight excluding hydrogens is 270 g/mol. The van der Waals surface area contributed by atoms with Crippen LogP contribution >= 0.6 is 0 Å². The molecule has 0 bridgehead atoms. The topological polar surface area (TPSA) is 90.4 Å². The van der Waals surface area contributed by atoms with Crippen molar-refractivity contribution in [2.24, 2.45) is 0 Å². The first kappa shape index (κ1) is 15.3. The molecule has 2 rings (SSSR count). The average molecular weight is 293 g/mol. The normalized spacial score (nSPS) is 21.7. The number of carbonyl (C=O) groups is 1. The molecular formula is C14H23N5O2. The molecule has 116 valence electrons. The monoisotopic (exact) mass is 293 g/mol. The maximum atomic E-state index is 10.6. The van der Waals surface area contributed by atoms with Gasteiger partial charge in [0.15, 0.2) is 0 Å². The number of aryl methyl sites for hydroxylation is 1. The zero-order valence-electron chi connectivity index (χ0n) is 12.8. The minimum absolute atomic E-state index is 0.0741. The van der Waals surface area contributed by atoms with Crippen LogP contribution < -0.4 is 15.5 Å². The highest BCUT2D eigenvalue weighted by Gasteiger charge is 2.22. The molecule has 21 heavy (non-hydrogen) atoms. The largest absolute Gasteiger partial charge is 0.465 e. The lowest BCUT2D eigenvalue weighted by Gasteiger charge is -2.29. The molecule has 0 spiro atoms. The van der Waals surface area contributed by atoms with Gasteiger partial charge in [-0.3, -0.25) is 0 Å². The molecule has 0 aliphatic heterocycles. The van der Waals surface area contributed by atoms with E-state index >= 15 is 0 Å². The van der Waals surface area contributed by atoms with Crippen molar-refractivity contribution in [3.63, 3.8) is 0 Å². The number of aromatic nitrogens is 2. The Morgan fingerprint density at radius 1 is 1.24 bits per heavy atom. The third-order valence-electron chi connectivity index (χ3n) is 3.69. The van der Waals surface area contributed by atoms with Crippen molar-refractivity contribution in [3.05, 3.63) is 11.9 Å². The van der Waals surface area contributed by atoms with Gasteiger partial charge in [-0.05, 0) is 32.6 Å². The Morgan fingerprint density at radius 3 is 2.43 bits per heavy atom. The van der Waals surface area contributed by atoms with Crippen molar-refractivity contribution in [2.45, 2.75) is 44.7 Å². The fraction of sp³-hybridized carbons (Fsp3) is 0.643. The lowest BCUT2D eigenvalue weighted by atomic mass is 9.91. The van der Waals surface area contributed by atoms with E-state index in [0.29, 0.717) is 6.04 Å². The van der Waals surface area contributed by atoms with E-state index in [0.717, 1.165) is 43.1 Å². The Hall–Kier alpha value is -2.05. The number of hydrogen-bond acceptors (Lipinski definition) is 5. The van der Waals surface area contributed by atoms with Gasteiger partial charge in [0, 0.05) is 32.2 Å². The Morgan fingerprint density at radius 2 is 1.86 bits per heavy atom. The Labute approximate surface area is 124 Å². The average Bonchev–Trinajstić information content (AvgIpc) is 2.39. The van der Waals surface area contributed by atoms with E-state index < -0.39 is 6.09 Å². The summed E-state index contributed by atoms with van der Waals surface area (Å²) in [4.78, 5) is 21.4. The minimum Gasteiger partial charge on any atom is -0.465 e. The molecule has 1 saturated carbocycles. The SMILES string of the molecule is Cc1nc(N[C@H]2CC[C@@H](NC(=O)O)CC2)cc(N(C)C)n1. The van der Waals surface area contributed by atoms with E-state index in [9.17, 15) is 4.79 Å². The maximum absolute atomic E-state index is 10.6. The maximum Gasteiger partial charge on any atom is 0.404 e. The lowest BCUT2D eigenvalue weighted by molar-refractivity contribution is 0.185. The van der Waals surface area contributed by atoms with Gasteiger partial charge >= 0.3 is 6.09 Å². The summed E-state index contributed by atoms with van der Waals surface area (Å²) in [6, 6.07) is 2.35. The number of rotatable bonds is 4. The van der Waals surface area contributed by atoms with Crippen LogP contribution in [-0.4, -0.2) is 47.3 Å². The first-order chi connectivity index (χ1) is 9.94. The van der Waals surface area contributed by atoms with E-state index in [1.807, 2.05) is 32.0 Å². The van der Waals surface area contributed by atoms with E-state index in [1.165, 1.54) is 0 Å². The van der Waals surface area contributed by atoms with Crippen molar-refractivity contribution >= 4 is 17.7 Å². The summed E-state index contributed by atoms with van der Waals surface area (Å²) in [7, 11) is 3.91. The molecule has 1 aliphatic carbocycles. The van der Waals surface area contributed by atoms with Crippen LogP contribution in [0.1, 0.15) is 31.5 Å². The molecule has 7 nitrogen and oxygen atoms in total. The van der Waals surface area contributed by atoms with Gasteiger partial charge in [0.1, 0.15) is 17.5 Å². The second-order valence-electron chi connectivity index (χ2n) is 5.70. The summed E-state index contributed by atoms with van der Waals surface area (Å²) in [5, 5.41) is 14.7. The number of amides is 1. The summed E-state index contributed by atoms with van der Waals surface area (Å²) in [6.45, 7) is 1.88. The fourth-order valence-electron chi connectivity index (χ4n) is 2.62. The molecule has 0 atom stereocenters. The van der Waals surface area contributed by atoms with Gasteiger partial charge in [-0.2, -0.15) is 0 Å². The number of nitrogens with zero attached hydrogens (tertiary/aromatic N) is 3. The molecule has 1 aliphatic rings.